The number of nitrogens with zero attached hydrogens (tertiary/aromatic N) is 1. The molecule has 2 fully saturated rings. The van der Waals surface area contributed by atoms with E-state index in [1.807, 2.05) is 0 Å². The Hall–Kier alpha value is -2.99. The molecule has 206 valence electrons. The lowest BCUT2D eigenvalue weighted by atomic mass is 9.77. The van der Waals surface area contributed by atoms with Crippen molar-refractivity contribution in [2.24, 2.45) is 5.92 Å². The Morgan fingerprint density at radius 1 is 1.26 bits per heavy atom. The zero-order valence-electron chi connectivity index (χ0n) is 21.3. The van der Waals surface area contributed by atoms with Gasteiger partial charge in [0.15, 0.2) is 11.5 Å². The van der Waals surface area contributed by atoms with Crippen LogP contribution in [0.3, 0.4) is 0 Å². The molecule has 5 rings (SSSR count). The Labute approximate surface area is 220 Å². The number of aldehydes is 1. The number of rotatable bonds is 9. The second-order valence-electron chi connectivity index (χ2n) is 10.1. The number of fused-ring (bicyclic) bond motifs is 3. The summed E-state index contributed by atoms with van der Waals surface area (Å²) in [5, 5.41) is 23.7. The Balaban J connectivity index is 1.57. The molecule has 0 aromatic heterocycles. The van der Waals surface area contributed by atoms with Crippen LogP contribution in [0.5, 0.6) is 11.5 Å². The molecule has 1 aromatic rings. The van der Waals surface area contributed by atoms with E-state index in [0.29, 0.717) is 55.2 Å². The standard InChI is InChI=1S/C27H34N2O9/c1-35-21-10-15(13-31)9-18-22-19(26(33)28-5-6-30)11-20(23(32)25(22)38-24(18)21)29(12-17-3-2-7-37-17)27(34)16-4-8-36-14-16/h9-11,13,16-17,20,22-23,25,30,32H,2-8,12,14H2,1H3,(H,28,33)/t16?,17-,20-,22+,23+,25+/m1/s1. The fourth-order valence-electron chi connectivity index (χ4n) is 5.89. The number of ether oxygens (including phenoxy) is 4. The van der Waals surface area contributed by atoms with E-state index in [1.165, 1.54) is 13.2 Å². The van der Waals surface area contributed by atoms with Gasteiger partial charge in [-0.25, -0.2) is 0 Å². The van der Waals surface area contributed by atoms with Crippen LogP contribution in [0.15, 0.2) is 23.8 Å². The highest BCUT2D eigenvalue weighted by molar-refractivity contribution is 5.96. The first kappa shape index (κ1) is 26.6. The molecule has 11 nitrogen and oxygen atoms in total. The number of aliphatic hydroxyl groups excluding tert-OH is 2. The Morgan fingerprint density at radius 2 is 2.11 bits per heavy atom. The number of carbonyl (C=O) groups is 3. The lowest BCUT2D eigenvalue weighted by Crippen LogP contribution is -2.58. The summed E-state index contributed by atoms with van der Waals surface area (Å²) in [7, 11) is 1.45. The van der Waals surface area contributed by atoms with E-state index in [1.54, 1.807) is 17.0 Å². The van der Waals surface area contributed by atoms with Gasteiger partial charge in [-0.1, -0.05) is 0 Å². The van der Waals surface area contributed by atoms with Gasteiger partial charge in [0.2, 0.25) is 11.8 Å². The van der Waals surface area contributed by atoms with E-state index >= 15 is 0 Å². The van der Waals surface area contributed by atoms with Gasteiger partial charge in [0, 0.05) is 43.0 Å². The molecule has 3 N–H and O–H groups in total. The Morgan fingerprint density at radius 3 is 2.76 bits per heavy atom. The average molecular weight is 531 g/mol. The zero-order chi connectivity index (χ0) is 26.8. The normalized spacial score (nSPS) is 29.6. The van der Waals surface area contributed by atoms with Gasteiger partial charge in [0.1, 0.15) is 18.5 Å². The van der Waals surface area contributed by atoms with Crippen LogP contribution in [0.2, 0.25) is 0 Å². The molecule has 0 radical (unpaired) electrons. The van der Waals surface area contributed by atoms with E-state index < -0.39 is 30.1 Å². The van der Waals surface area contributed by atoms with E-state index in [-0.39, 0.29) is 43.2 Å². The lowest BCUT2D eigenvalue weighted by Gasteiger charge is -2.42. The molecule has 1 unspecified atom stereocenters. The Kier molecular flexibility index (Phi) is 7.98. The lowest BCUT2D eigenvalue weighted by molar-refractivity contribution is -0.143. The van der Waals surface area contributed by atoms with E-state index in [2.05, 4.69) is 5.32 Å². The number of methoxy groups -OCH3 is 1. The first-order valence-corrected chi connectivity index (χ1v) is 13.1. The van der Waals surface area contributed by atoms with Crippen LogP contribution < -0.4 is 14.8 Å². The molecule has 1 aromatic carbocycles. The van der Waals surface area contributed by atoms with Gasteiger partial charge in [0.25, 0.3) is 0 Å². The van der Waals surface area contributed by atoms with Crippen LogP contribution in [0, 0.1) is 5.92 Å². The van der Waals surface area contributed by atoms with Crippen molar-refractivity contribution in [3.05, 3.63) is 34.9 Å². The minimum atomic E-state index is -1.18. The fraction of sp³-hybridized carbons (Fsp3) is 0.593. The second-order valence-corrected chi connectivity index (χ2v) is 10.1. The summed E-state index contributed by atoms with van der Waals surface area (Å²) in [4.78, 5) is 40.4. The summed E-state index contributed by atoms with van der Waals surface area (Å²) in [6.45, 7) is 1.45. The highest BCUT2D eigenvalue weighted by atomic mass is 16.5. The molecule has 2 saturated heterocycles. The van der Waals surface area contributed by atoms with Gasteiger partial charge in [-0.2, -0.15) is 0 Å². The summed E-state index contributed by atoms with van der Waals surface area (Å²) in [6.07, 6.45) is 2.29. The van der Waals surface area contributed by atoms with Gasteiger partial charge >= 0.3 is 0 Å². The van der Waals surface area contributed by atoms with Crippen molar-refractivity contribution in [3.63, 3.8) is 0 Å². The number of hydrogen-bond donors (Lipinski definition) is 3. The highest BCUT2D eigenvalue weighted by Crippen LogP contribution is 2.51. The van der Waals surface area contributed by atoms with Crippen molar-refractivity contribution in [2.45, 2.75) is 49.5 Å². The van der Waals surface area contributed by atoms with Crippen LogP contribution in [0.4, 0.5) is 0 Å². The van der Waals surface area contributed by atoms with E-state index in [0.717, 1.165) is 12.8 Å². The quantitative estimate of drug-likeness (QED) is 0.381. The number of hydrogen-bond acceptors (Lipinski definition) is 9. The molecule has 6 atom stereocenters. The van der Waals surface area contributed by atoms with Gasteiger partial charge < -0.3 is 39.4 Å². The SMILES string of the molecule is COc1cc(C=O)cc2c1O[C@@H]1[C@@H](O)[C@H](N(C[C@H]3CCCO3)C(=O)C3CCOC3)C=C(C(=O)NCCO)[C@H]21. The molecule has 3 aliphatic heterocycles. The highest BCUT2D eigenvalue weighted by Gasteiger charge is 2.52. The summed E-state index contributed by atoms with van der Waals surface area (Å²) < 4.78 is 23.0. The topological polar surface area (TPSA) is 144 Å². The molecule has 4 aliphatic rings. The van der Waals surface area contributed by atoms with Gasteiger partial charge in [0.05, 0.1) is 44.3 Å². The third-order valence-corrected chi connectivity index (χ3v) is 7.76. The molecule has 11 heteroatoms. The molecule has 1 aliphatic carbocycles. The molecule has 0 saturated carbocycles. The molecule has 38 heavy (non-hydrogen) atoms. The number of nitrogens with one attached hydrogen (secondary N) is 1. The van der Waals surface area contributed by atoms with E-state index in [9.17, 15) is 24.6 Å². The van der Waals surface area contributed by atoms with Crippen LogP contribution >= 0.6 is 0 Å². The summed E-state index contributed by atoms with van der Waals surface area (Å²) in [5.41, 5.74) is 1.17. The van der Waals surface area contributed by atoms with Crippen molar-refractivity contribution in [1.29, 1.82) is 0 Å². The largest absolute Gasteiger partial charge is 0.493 e. The van der Waals surface area contributed by atoms with Gasteiger partial charge in [-0.15, -0.1) is 0 Å². The first-order chi connectivity index (χ1) is 18.5. The average Bonchev–Trinajstić information content (AvgIpc) is 3.71. The third kappa shape index (κ3) is 4.91. The summed E-state index contributed by atoms with van der Waals surface area (Å²) >= 11 is 0. The maximum atomic E-state index is 13.7. The smallest absolute Gasteiger partial charge is 0.247 e. The van der Waals surface area contributed by atoms with Crippen LogP contribution in [-0.2, 0) is 19.1 Å². The monoisotopic (exact) mass is 530 g/mol. The van der Waals surface area contributed by atoms with E-state index in [4.69, 9.17) is 18.9 Å². The molecular weight excluding hydrogens is 496 g/mol. The van der Waals surface area contributed by atoms with Crippen molar-refractivity contribution >= 4 is 18.1 Å². The number of benzene rings is 1. The molecule has 3 heterocycles. The first-order valence-electron chi connectivity index (χ1n) is 13.1. The number of amides is 2. The van der Waals surface area contributed by atoms with Gasteiger partial charge in [-0.05, 0) is 37.5 Å². The molecule has 0 spiro atoms. The minimum Gasteiger partial charge on any atom is -0.493 e. The Bertz CT molecular complexity index is 1090. The van der Waals surface area contributed by atoms with Crippen molar-refractivity contribution < 1.29 is 43.5 Å². The van der Waals surface area contributed by atoms with Crippen LogP contribution in [0.25, 0.3) is 0 Å². The maximum absolute atomic E-state index is 13.7. The predicted molar refractivity (Wildman–Crippen MR) is 133 cm³/mol. The van der Waals surface area contributed by atoms with Crippen molar-refractivity contribution in [2.75, 3.05) is 46.6 Å². The second kappa shape index (κ2) is 11.4. The maximum Gasteiger partial charge on any atom is 0.247 e. The van der Waals surface area contributed by atoms with Crippen LogP contribution in [-0.4, -0.2) is 104 Å². The fourth-order valence-corrected chi connectivity index (χ4v) is 5.89. The molecular formula is C27H34N2O9. The third-order valence-electron chi connectivity index (χ3n) is 7.76. The predicted octanol–water partition coefficient (Wildman–Crippen LogP) is 0.174. The minimum absolute atomic E-state index is 0.0319. The van der Waals surface area contributed by atoms with Gasteiger partial charge in [-0.3, -0.25) is 14.4 Å². The number of aliphatic hydroxyl groups is 2. The molecule has 2 amide bonds. The van der Waals surface area contributed by atoms with Crippen molar-refractivity contribution in [1.82, 2.24) is 10.2 Å². The number of carbonyl (C=O) groups excluding carboxylic acids is 3. The summed E-state index contributed by atoms with van der Waals surface area (Å²) in [6, 6.07) is 2.30. The molecule has 0 bridgehead atoms. The van der Waals surface area contributed by atoms with Crippen LogP contribution in [0.1, 0.15) is 41.1 Å². The van der Waals surface area contributed by atoms with Crippen molar-refractivity contribution in [3.8, 4) is 11.5 Å². The summed E-state index contributed by atoms with van der Waals surface area (Å²) in [5.74, 6) is -1.02. The zero-order valence-corrected chi connectivity index (χ0v) is 21.3.